The molecule has 0 fully saturated rings. The molecule has 4 nitrogen and oxygen atoms in total. The lowest BCUT2D eigenvalue weighted by Gasteiger charge is -2.18. The fourth-order valence-corrected chi connectivity index (χ4v) is 2.78. The molecule has 0 bridgehead atoms. The standard InChI is InChI=1S/C15H23NO3/c1-10-5-6-12(18-4)15-14(10)11(7-8-16-2)13(19-15)9-17-3/h5-6,11,13,16H,7-9H2,1-4H3/t11-,13-/m0/s1. The van der Waals surface area contributed by atoms with Crippen molar-refractivity contribution < 1.29 is 14.2 Å². The molecular formula is C15H23NO3. The van der Waals surface area contributed by atoms with Gasteiger partial charge in [0.1, 0.15) is 6.10 Å². The summed E-state index contributed by atoms with van der Waals surface area (Å²) in [7, 11) is 5.37. The highest BCUT2D eigenvalue weighted by Gasteiger charge is 2.37. The monoisotopic (exact) mass is 265 g/mol. The molecule has 106 valence electrons. The smallest absolute Gasteiger partial charge is 0.165 e. The summed E-state index contributed by atoms with van der Waals surface area (Å²) >= 11 is 0. The Hall–Kier alpha value is -1.26. The number of nitrogens with one attached hydrogen (secondary N) is 1. The molecule has 0 unspecified atom stereocenters. The molecule has 0 spiro atoms. The first-order chi connectivity index (χ1) is 9.22. The second kappa shape index (κ2) is 6.26. The maximum Gasteiger partial charge on any atom is 0.165 e. The molecule has 1 aliphatic rings. The first kappa shape index (κ1) is 14.2. The molecule has 1 aromatic carbocycles. The van der Waals surface area contributed by atoms with Crippen LogP contribution in [0, 0.1) is 6.92 Å². The molecule has 0 aromatic heterocycles. The van der Waals surface area contributed by atoms with E-state index in [1.54, 1.807) is 14.2 Å². The predicted molar refractivity (Wildman–Crippen MR) is 75.3 cm³/mol. The average Bonchev–Trinajstić information content (AvgIpc) is 2.77. The molecule has 0 amide bonds. The average molecular weight is 265 g/mol. The van der Waals surface area contributed by atoms with Crippen molar-refractivity contribution in [3.63, 3.8) is 0 Å². The van der Waals surface area contributed by atoms with Crippen LogP contribution in [0.5, 0.6) is 11.5 Å². The van der Waals surface area contributed by atoms with Crippen LogP contribution in [0.15, 0.2) is 12.1 Å². The van der Waals surface area contributed by atoms with E-state index in [4.69, 9.17) is 14.2 Å². The van der Waals surface area contributed by atoms with Crippen LogP contribution in [-0.2, 0) is 4.74 Å². The van der Waals surface area contributed by atoms with Crippen LogP contribution in [0.2, 0.25) is 0 Å². The number of hydrogen-bond donors (Lipinski definition) is 1. The highest BCUT2D eigenvalue weighted by atomic mass is 16.5. The van der Waals surface area contributed by atoms with E-state index in [0.717, 1.165) is 24.5 Å². The molecule has 1 aliphatic heterocycles. The highest BCUT2D eigenvalue weighted by molar-refractivity contribution is 5.55. The van der Waals surface area contributed by atoms with E-state index in [2.05, 4.69) is 18.3 Å². The Bertz CT molecular complexity index is 434. The van der Waals surface area contributed by atoms with Gasteiger partial charge in [0.15, 0.2) is 11.5 Å². The van der Waals surface area contributed by atoms with Gasteiger partial charge in [-0.15, -0.1) is 0 Å². The van der Waals surface area contributed by atoms with Crippen LogP contribution in [0.1, 0.15) is 23.5 Å². The van der Waals surface area contributed by atoms with Crippen molar-refractivity contribution in [2.75, 3.05) is 34.4 Å². The molecule has 0 radical (unpaired) electrons. The van der Waals surface area contributed by atoms with Gasteiger partial charge in [0.05, 0.1) is 13.7 Å². The van der Waals surface area contributed by atoms with Crippen molar-refractivity contribution >= 4 is 0 Å². The van der Waals surface area contributed by atoms with Gasteiger partial charge in [-0.1, -0.05) is 6.07 Å². The van der Waals surface area contributed by atoms with Crippen molar-refractivity contribution in [1.82, 2.24) is 5.32 Å². The van der Waals surface area contributed by atoms with Gasteiger partial charge in [0.25, 0.3) is 0 Å². The van der Waals surface area contributed by atoms with Gasteiger partial charge in [-0.2, -0.15) is 0 Å². The number of benzene rings is 1. The van der Waals surface area contributed by atoms with Gasteiger partial charge in [-0.25, -0.2) is 0 Å². The molecule has 1 heterocycles. The fraction of sp³-hybridized carbons (Fsp3) is 0.600. The number of methoxy groups -OCH3 is 2. The predicted octanol–water partition coefficient (Wildman–Crippen LogP) is 2.10. The van der Waals surface area contributed by atoms with E-state index in [1.165, 1.54) is 11.1 Å². The number of ether oxygens (including phenoxy) is 3. The van der Waals surface area contributed by atoms with Crippen LogP contribution in [0.3, 0.4) is 0 Å². The zero-order valence-corrected chi connectivity index (χ0v) is 12.2. The van der Waals surface area contributed by atoms with Crippen LogP contribution in [0.25, 0.3) is 0 Å². The number of fused-ring (bicyclic) bond motifs is 1. The third-order valence-corrected chi connectivity index (χ3v) is 3.72. The number of aryl methyl sites for hydroxylation is 1. The van der Waals surface area contributed by atoms with Gasteiger partial charge < -0.3 is 19.5 Å². The second-order valence-electron chi connectivity index (χ2n) is 4.94. The molecule has 0 aliphatic carbocycles. The first-order valence-corrected chi connectivity index (χ1v) is 6.70. The highest BCUT2D eigenvalue weighted by Crippen LogP contribution is 2.47. The fourth-order valence-electron chi connectivity index (χ4n) is 2.78. The second-order valence-corrected chi connectivity index (χ2v) is 4.94. The van der Waals surface area contributed by atoms with E-state index in [9.17, 15) is 0 Å². The molecular weight excluding hydrogens is 242 g/mol. The van der Waals surface area contributed by atoms with E-state index >= 15 is 0 Å². The third kappa shape index (κ3) is 2.69. The Kier molecular flexibility index (Phi) is 4.66. The summed E-state index contributed by atoms with van der Waals surface area (Å²) in [5.74, 6) is 2.07. The molecule has 0 saturated carbocycles. The van der Waals surface area contributed by atoms with Gasteiger partial charge in [0.2, 0.25) is 0 Å². The molecule has 0 saturated heterocycles. The van der Waals surface area contributed by atoms with E-state index in [-0.39, 0.29) is 6.10 Å². The Labute approximate surface area is 115 Å². The van der Waals surface area contributed by atoms with Crippen LogP contribution >= 0.6 is 0 Å². The minimum absolute atomic E-state index is 0.0725. The molecule has 1 N–H and O–H groups in total. The summed E-state index contributed by atoms with van der Waals surface area (Å²) in [5.41, 5.74) is 2.53. The van der Waals surface area contributed by atoms with Crippen LogP contribution < -0.4 is 14.8 Å². The summed E-state index contributed by atoms with van der Waals surface area (Å²) in [5, 5.41) is 3.21. The Morgan fingerprint density at radius 3 is 2.74 bits per heavy atom. The maximum atomic E-state index is 6.08. The summed E-state index contributed by atoms with van der Waals surface area (Å²) in [6.45, 7) is 3.69. The summed E-state index contributed by atoms with van der Waals surface area (Å²) in [6.07, 6.45) is 1.11. The Balaban J connectivity index is 2.35. The topological polar surface area (TPSA) is 39.7 Å². The van der Waals surface area contributed by atoms with Gasteiger partial charge >= 0.3 is 0 Å². The minimum atomic E-state index is 0.0725. The van der Waals surface area contributed by atoms with Gasteiger partial charge in [-0.05, 0) is 38.6 Å². The molecule has 19 heavy (non-hydrogen) atoms. The largest absolute Gasteiger partial charge is 0.493 e. The van der Waals surface area contributed by atoms with E-state index in [1.807, 2.05) is 13.1 Å². The minimum Gasteiger partial charge on any atom is -0.493 e. The van der Waals surface area contributed by atoms with Crippen molar-refractivity contribution in [3.8, 4) is 11.5 Å². The quantitative estimate of drug-likeness (QED) is 0.855. The third-order valence-electron chi connectivity index (χ3n) is 3.72. The van der Waals surface area contributed by atoms with Crippen molar-refractivity contribution in [1.29, 1.82) is 0 Å². The van der Waals surface area contributed by atoms with Crippen molar-refractivity contribution in [2.45, 2.75) is 25.4 Å². The normalized spacial score (nSPS) is 21.1. The summed E-state index contributed by atoms with van der Waals surface area (Å²) in [4.78, 5) is 0. The van der Waals surface area contributed by atoms with Crippen LogP contribution in [0.4, 0.5) is 0 Å². The lowest BCUT2D eigenvalue weighted by atomic mass is 9.89. The summed E-state index contributed by atoms with van der Waals surface area (Å²) in [6, 6.07) is 4.07. The zero-order valence-electron chi connectivity index (χ0n) is 12.2. The Morgan fingerprint density at radius 2 is 2.11 bits per heavy atom. The molecule has 2 rings (SSSR count). The van der Waals surface area contributed by atoms with Crippen molar-refractivity contribution in [3.05, 3.63) is 23.3 Å². The summed E-state index contributed by atoms with van der Waals surface area (Å²) < 4.78 is 16.8. The molecule has 4 heteroatoms. The van der Waals surface area contributed by atoms with Crippen molar-refractivity contribution in [2.24, 2.45) is 0 Å². The Morgan fingerprint density at radius 1 is 1.32 bits per heavy atom. The number of rotatable bonds is 6. The molecule has 2 atom stereocenters. The van der Waals surface area contributed by atoms with Gasteiger partial charge in [-0.3, -0.25) is 0 Å². The zero-order chi connectivity index (χ0) is 13.8. The number of hydrogen-bond acceptors (Lipinski definition) is 4. The lowest BCUT2D eigenvalue weighted by Crippen LogP contribution is -2.26. The van der Waals surface area contributed by atoms with E-state index < -0.39 is 0 Å². The van der Waals surface area contributed by atoms with E-state index in [0.29, 0.717) is 12.5 Å². The van der Waals surface area contributed by atoms with Gasteiger partial charge in [0, 0.05) is 18.6 Å². The lowest BCUT2D eigenvalue weighted by molar-refractivity contribution is 0.0777. The van der Waals surface area contributed by atoms with Crippen LogP contribution in [-0.4, -0.2) is 40.5 Å². The molecule has 1 aromatic rings. The first-order valence-electron chi connectivity index (χ1n) is 6.70. The maximum absolute atomic E-state index is 6.08. The SMILES string of the molecule is CNCC[C@@H]1c2c(C)ccc(OC)c2O[C@H]1COC.